The number of rotatable bonds is 28. The Morgan fingerprint density at radius 2 is 0.518 bits per heavy atom. The van der Waals surface area contributed by atoms with Gasteiger partial charge in [0.15, 0.2) is 5.41 Å². The van der Waals surface area contributed by atoms with E-state index in [1.165, 1.54) is 0 Å². The fraction of sp³-hybridized carbons (Fsp3) is 0.567. The molecule has 0 aliphatic rings. The average Bonchev–Trinajstić information content (AvgIpc) is 3.03. The molecular formula is C30H36O26. The van der Waals surface area contributed by atoms with Crippen molar-refractivity contribution in [1.29, 1.82) is 0 Å². The Labute approximate surface area is 310 Å². The zero-order chi connectivity index (χ0) is 44.6. The highest BCUT2D eigenvalue weighted by Gasteiger charge is 3.01. The van der Waals surface area contributed by atoms with Crippen molar-refractivity contribution in [3.63, 3.8) is 0 Å². The van der Waals surface area contributed by atoms with Crippen LogP contribution < -0.4 is 0 Å². The quantitative estimate of drug-likeness (QED) is 0.0330. The Morgan fingerprint density at radius 1 is 0.286 bits per heavy atom. The summed E-state index contributed by atoms with van der Waals surface area (Å²) in [5, 5.41) is 134. The second kappa shape index (κ2) is 17.5. The topological polar surface area (TPSA) is 485 Å². The summed E-state index contributed by atoms with van der Waals surface area (Å²) in [4.78, 5) is 170. The minimum atomic E-state index is -6.99. The zero-order valence-electron chi connectivity index (χ0n) is 28.7. The van der Waals surface area contributed by atoms with E-state index in [0.717, 1.165) is 19.3 Å². The lowest BCUT2D eigenvalue weighted by Crippen LogP contribution is -2.86. The minimum absolute atomic E-state index is 0.0503. The molecule has 312 valence electrons. The van der Waals surface area contributed by atoms with Crippen LogP contribution in [-0.2, 0) is 62.3 Å². The van der Waals surface area contributed by atoms with Gasteiger partial charge < -0.3 is 66.4 Å². The van der Waals surface area contributed by atoms with Gasteiger partial charge in [-0.05, 0) is 6.42 Å². The van der Waals surface area contributed by atoms with Crippen molar-refractivity contribution in [3.05, 3.63) is 0 Å². The number of carboxylic acid groups (broad SMARTS) is 13. The smallest absolute Gasteiger partial charge is 0.334 e. The minimum Gasteiger partial charge on any atom is -0.480 e. The zero-order valence-corrected chi connectivity index (χ0v) is 28.7. The predicted octanol–water partition coefficient (Wildman–Crippen LogP) is -1.07. The van der Waals surface area contributed by atoms with Crippen LogP contribution in [0.3, 0.4) is 0 Å². The molecule has 0 aromatic carbocycles. The predicted molar refractivity (Wildman–Crippen MR) is 166 cm³/mol. The van der Waals surface area contributed by atoms with Gasteiger partial charge in [-0.2, -0.15) is 0 Å². The molecule has 0 aliphatic heterocycles. The molecule has 0 saturated heterocycles. The Balaban J connectivity index is 9.87. The molecule has 0 fully saturated rings. The molecule has 26 heteroatoms. The first-order chi connectivity index (χ1) is 25.6. The van der Waals surface area contributed by atoms with E-state index in [9.17, 15) is 129 Å². The lowest BCUT2D eigenvalue weighted by molar-refractivity contribution is -0.258. The first-order valence-corrected chi connectivity index (χ1v) is 15.6. The van der Waals surface area contributed by atoms with Crippen LogP contribution in [0.5, 0.6) is 0 Å². The van der Waals surface area contributed by atoms with Gasteiger partial charge in [-0.3, -0.25) is 62.3 Å². The summed E-state index contributed by atoms with van der Waals surface area (Å²) >= 11 is 0. The van der Waals surface area contributed by atoms with E-state index in [1.54, 1.807) is 0 Å². The van der Waals surface area contributed by atoms with Gasteiger partial charge in [0.25, 0.3) is 5.41 Å². The molecule has 0 bridgehead atoms. The molecule has 0 rings (SSSR count). The van der Waals surface area contributed by atoms with Gasteiger partial charge in [-0.1, -0.05) is 64.7 Å². The molecule has 0 atom stereocenters. The van der Waals surface area contributed by atoms with Gasteiger partial charge >= 0.3 is 77.6 Å². The van der Waals surface area contributed by atoms with E-state index < -0.39 is 129 Å². The molecule has 0 aromatic rings. The van der Waals surface area contributed by atoms with E-state index >= 15 is 0 Å². The van der Waals surface area contributed by atoms with Gasteiger partial charge in [0.1, 0.15) is 0 Å². The van der Waals surface area contributed by atoms with E-state index in [1.807, 2.05) is 6.92 Å². The van der Waals surface area contributed by atoms with Crippen LogP contribution in [0.1, 0.15) is 71.1 Å². The Bertz CT molecular complexity index is 1610. The number of hydrogen-bond donors (Lipinski definition) is 13. The van der Waals surface area contributed by atoms with Crippen molar-refractivity contribution in [2.75, 3.05) is 0 Å². The first-order valence-electron chi connectivity index (χ1n) is 15.6. The maximum Gasteiger partial charge on any atom is 0.334 e. The summed E-state index contributed by atoms with van der Waals surface area (Å²) in [6.45, 7) is 1.88. The summed E-state index contributed by atoms with van der Waals surface area (Å²) in [5.41, 5.74) is -38.6. The van der Waals surface area contributed by atoms with Crippen molar-refractivity contribution in [2.24, 2.45) is 32.5 Å². The molecule has 56 heavy (non-hydrogen) atoms. The van der Waals surface area contributed by atoms with Crippen LogP contribution in [0.4, 0.5) is 0 Å². The molecule has 0 saturated carbocycles. The first kappa shape index (κ1) is 49.1. The van der Waals surface area contributed by atoms with E-state index in [4.69, 9.17) is 0 Å². The fourth-order valence-electron chi connectivity index (χ4n) is 7.41. The van der Waals surface area contributed by atoms with Crippen molar-refractivity contribution < 1.29 is 129 Å². The maximum atomic E-state index is 13.5. The van der Waals surface area contributed by atoms with Crippen LogP contribution in [0.25, 0.3) is 0 Å². The summed E-state index contributed by atoms with van der Waals surface area (Å²) in [6.07, 6.45) is -0.115. The lowest BCUT2D eigenvalue weighted by Gasteiger charge is -2.56. The third kappa shape index (κ3) is 6.10. The largest absolute Gasteiger partial charge is 0.480 e. The summed E-state index contributed by atoms with van der Waals surface area (Å²) in [7, 11) is 0. The molecule has 0 unspecified atom stereocenters. The van der Waals surface area contributed by atoms with Gasteiger partial charge in [-0.25, -0.2) is 0 Å². The standard InChI is InChI=1S/C30H36O26/c1-2-3-4-5-6-7-8-9-10-11-25(12(31)32,13(33)34)27(17(41)42,18(43)44)29(21(49)50,22(51)52)30(23(53)54,24(55)56)28(19(45)46,20(47)48)26(14(35)36,15(37)38)16(39)40/h2-11H2,1H3,(H,31,32)(H,33,34)(H,35,36)(H,37,38)(H,39,40)(H,41,42)(H,43,44)(H,45,46)(H,47,48)(H,49,50)(H,51,52)(H,53,54)(H,55,56). The highest BCUT2D eigenvalue weighted by molar-refractivity contribution is 6.33. The van der Waals surface area contributed by atoms with E-state index in [-0.39, 0.29) is 12.8 Å². The van der Waals surface area contributed by atoms with Crippen molar-refractivity contribution in [1.82, 2.24) is 0 Å². The second-order valence-electron chi connectivity index (χ2n) is 12.2. The fourth-order valence-corrected chi connectivity index (χ4v) is 7.41. The molecule has 13 N–H and O–H groups in total. The van der Waals surface area contributed by atoms with Crippen LogP contribution in [0, 0.1) is 32.5 Å². The highest BCUT2D eigenvalue weighted by Crippen LogP contribution is 2.70. The maximum absolute atomic E-state index is 13.5. The number of unbranched alkanes of at least 4 members (excludes halogenated alkanes) is 8. The van der Waals surface area contributed by atoms with Gasteiger partial charge in [0.2, 0.25) is 21.7 Å². The molecule has 0 heterocycles. The summed E-state index contributed by atoms with van der Waals surface area (Å²) < 4.78 is 0. The van der Waals surface area contributed by atoms with Gasteiger partial charge in [-0.15, -0.1) is 0 Å². The van der Waals surface area contributed by atoms with Crippen LogP contribution >= 0.6 is 0 Å². The van der Waals surface area contributed by atoms with Crippen molar-refractivity contribution in [3.8, 4) is 0 Å². The average molecular weight is 813 g/mol. The van der Waals surface area contributed by atoms with Gasteiger partial charge in [0.05, 0.1) is 0 Å². The molecule has 0 radical (unpaired) electrons. The lowest BCUT2D eigenvalue weighted by atomic mass is 9.34. The van der Waals surface area contributed by atoms with Crippen molar-refractivity contribution >= 4 is 77.6 Å². The Morgan fingerprint density at radius 3 is 0.732 bits per heavy atom. The second-order valence-corrected chi connectivity index (χ2v) is 12.2. The monoisotopic (exact) mass is 812 g/mol. The van der Waals surface area contributed by atoms with Gasteiger partial charge in [0, 0.05) is 0 Å². The summed E-state index contributed by atoms with van der Waals surface area (Å²) in [6, 6.07) is 0. The molecule has 0 spiro atoms. The number of carboxylic acids is 13. The number of aliphatic carboxylic acids is 13. The van der Waals surface area contributed by atoms with E-state index in [2.05, 4.69) is 0 Å². The van der Waals surface area contributed by atoms with Crippen LogP contribution in [-0.4, -0.2) is 144 Å². The third-order valence-electron chi connectivity index (χ3n) is 9.80. The molecule has 26 nitrogen and oxygen atoms in total. The Hall–Kier alpha value is -6.89. The highest BCUT2D eigenvalue weighted by atomic mass is 16.5. The number of hydrogen-bond acceptors (Lipinski definition) is 13. The molecule has 0 aromatic heterocycles. The summed E-state index contributed by atoms with van der Waals surface area (Å²) in [5.74, 6) is -52.6. The molecular weight excluding hydrogens is 776 g/mol. The van der Waals surface area contributed by atoms with E-state index in [0.29, 0.717) is 12.8 Å². The molecule has 0 aliphatic carbocycles. The Kier molecular flexibility index (Phi) is 15.3. The van der Waals surface area contributed by atoms with Crippen molar-refractivity contribution in [2.45, 2.75) is 71.1 Å². The number of carbonyl (C=O) groups is 13. The van der Waals surface area contributed by atoms with Crippen LogP contribution in [0.2, 0.25) is 0 Å². The SMILES string of the molecule is CCCCCCCCCCCC(C(=O)O)(C(=O)O)C(C(=O)O)(C(=O)O)C(C(=O)O)(C(=O)O)C(C(=O)O)(C(=O)O)C(C(=O)O)(C(=O)O)C(C(=O)O)(C(=O)O)C(=O)O. The molecule has 0 amide bonds. The third-order valence-corrected chi connectivity index (χ3v) is 9.80. The van der Waals surface area contributed by atoms with Crippen LogP contribution in [0.15, 0.2) is 0 Å². The normalized spacial score (nSPS) is 12.4.